The molecule has 1 aromatic rings. The fraction of sp³-hybridized carbons (Fsp3) is 0.571. The van der Waals surface area contributed by atoms with E-state index in [-0.39, 0.29) is 17.0 Å². The number of carbonyl (C=O) groups is 3. The van der Waals surface area contributed by atoms with Crippen molar-refractivity contribution in [3.05, 3.63) is 35.4 Å². The molecule has 5 nitrogen and oxygen atoms in total. The van der Waals surface area contributed by atoms with Crippen molar-refractivity contribution in [2.24, 2.45) is 17.3 Å². The third-order valence-corrected chi connectivity index (χ3v) is 6.51. The molecule has 4 aliphatic rings. The minimum Gasteiger partial charge on any atom is -0.457 e. The monoisotopic (exact) mass is 391 g/mol. The van der Waals surface area contributed by atoms with Gasteiger partial charge in [0.1, 0.15) is 0 Å². The Morgan fingerprint density at radius 2 is 1.79 bits per heavy atom. The van der Waals surface area contributed by atoms with E-state index < -0.39 is 35.4 Å². The third-order valence-electron chi connectivity index (χ3n) is 6.51. The summed E-state index contributed by atoms with van der Waals surface area (Å²) in [5.41, 5.74) is -1.08. The number of hydrogen-bond donors (Lipinski definition) is 1. The van der Waals surface area contributed by atoms with Gasteiger partial charge < -0.3 is 10.1 Å². The van der Waals surface area contributed by atoms with Gasteiger partial charge in [-0.15, -0.1) is 0 Å². The van der Waals surface area contributed by atoms with Crippen LogP contribution in [0.4, 0.5) is 8.78 Å². The molecule has 4 aliphatic carbocycles. The number of benzene rings is 1. The van der Waals surface area contributed by atoms with Gasteiger partial charge in [-0.3, -0.25) is 14.4 Å². The molecule has 2 atom stereocenters. The Labute approximate surface area is 161 Å². The Morgan fingerprint density at radius 3 is 2.39 bits per heavy atom. The van der Waals surface area contributed by atoms with Crippen LogP contribution in [0.25, 0.3) is 0 Å². The van der Waals surface area contributed by atoms with Crippen molar-refractivity contribution >= 4 is 17.7 Å². The van der Waals surface area contributed by atoms with Gasteiger partial charge in [-0.2, -0.15) is 0 Å². The molecule has 0 aromatic heterocycles. The highest BCUT2D eigenvalue weighted by Crippen LogP contribution is 2.62. The summed E-state index contributed by atoms with van der Waals surface area (Å²) in [6, 6.07) is 2.85. The molecule has 0 spiro atoms. The summed E-state index contributed by atoms with van der Waals surface area (Å²) in [6.07, 6.45) is 4.78. The number of amides is 1. The summed E-state index contributed by atoms with van der Waals surface area (Å²) in [6.45, 7) is 0.984. The van der Waals surface area contributed by atoms with E-state index in [4.69, 9.17) is 4.74 Å². The lowest BCUT2D eigenvalue weighted by molar-refractivity contribution is -0.174. The molecule has 1 N–H and O–H groups in total. The average Bonchev–Trinajstić information content (AvgIpc) is 2.59. The second-order valence-corrected chi connectivity index (χ2v) is 8.83. The van der Waals surface area contributed by atoms with Gasteiger partial charge in [-0.25, -0.2) is 8.78 Å². The molecule has 0 aliphatic heterocycles. The lowest BCUT2D eigenvalue weighted by Crippen LogP contribution is -2.64. The zero-order valence-electron chi connectivity index (χ0n) is 15.7. The fourth-order valence-corrected chi connectivity index (χ4v) is 6.06. The topological polar surface area (TPSA) is 72.5 Å². The smallest absolute Gasteiger partial charge is 0.312 e. The molecule has 1 aromatic carbocycles. The number of halogens is 2. The van der Waals surface area contributed by atoms with E-state index in [9.17, 15) is 23.2 Å². The van der Waals surface area contributed by atoms with Crippen LogP contribution in [-0.4, -0.2) is 29.8 Å². The molecule has 4 saturated carbocycles. The molecule has 28 heavy (non-hydrogen) atoms. The molecular weight excluding hydrogens is 368 g/mol. The van der Waals surface area contributed by atoms with Crippen molar-refractivity contribution in [2.45, 2.75) is 51.0 Å². The van der Waals surface area contributed by atoms with E-state index in [1.165, 1.54) is 13.0 Å². The molecule has 0 heterocycles. The second-order valence-electron chi connectivity index (χ2n) is 8.83. The van der Waals surface area contributed by atoms with Gasteiger partial charge in [-0.05, 0) is 68.6 Å². The first-order chi connectivity index (χ1) is 13.2. The highest BCUT2D eigenvalue weighted by molar-refractivity contribution is 5.98. The number of hydrogen-bond acceptors (Lipinski definition) is 4. The summed E-state index contributed by atoms with van der Waals surface area (Å²) < 4.78 is 31.7. The van der Waals surface area contributed by atoms with E-state index in [0.717, 1.165) is 31.4 Å². The number of ether oxygens (including phenoxy) is 1. The number of nitrogens with one attached hydrogen (secondary N) is 1. The summed E-state index contributed by atoms with van der Waals surface area (Å²) in [7, 11) is 0. The van der Waals surface area contributed by atoms with Crippen molar-refractivity contribution in [1.82, 2.24) is 5.32 Å². The average molecular weight is 391 g/mol. The highest BCUT2D eigenvalue weighted by Gasteiger charge is 2.61. The first-order valence-electron chi connectivity index (χ1n) is 9.65. The van der Waals surface area contributed by atoms with Gasteiger partial charge in [0.15, 0.2) is 24.0 Å². The highest BCUT2D eigenvalue weighted by atomic mass is 19.2. The fourth-order valence-electron chi connectivity index (χ4n) is 6.06. The van der Waals surface area contributed by atoms with Crippen molar-refractivity contribution in [1.29, 1.82) is 0 Å². The van der Waals surface area contributed by atoms with E-state index in [0.29, 0.717) is 31.1 Å². The first kappa shape index (κ1) is 19.0. The van der Waals surface area contributed by atoms with Crippen LogP contribution in [0.3, 0.4) is 0 Å². The summed E-state index contributed by atoms with van der Waals surface area (Å²) in [4.78, 5) is 36.9. The maximum atomic E-state index is 13.3. The molecule has 0 unspecified atom stereocenters. The molecule has 4 bridgehead atoms. The Morgan fingerprint density at radius 1 is 1.11 bits per heavy atom. The summed E-state index contributed by atoms with van der Waals surface area (Å²) in [5, 5.41) is 3.08. The van der Waals surface area contributed by atoms with Crippen LogP contribution < -0.4 is 5.32 Å². The van der Waals surface area contributed by atoms with Crippen molar-refractivity contribution < 1.29 is 27.9 Å². The molecule has 1 amide bonds. The van der Waals surface area contributed by atoms with Crippen molar-refractivity contribution in [2.75, 3.05) is 6.61 Å². The molecular formula is C21H23F2NO4. The standard InChI is InChI=1S/C21H23F2NO4/c1-12(25)24-21-8-13-4-14(9-21)7-20(6-13,11-21)19(27)28-10-18(26)15-2-3-16(22)17(23)5-15/h2-3,5,13-14H,4,6-11H2,1H3,(H,24,25)/t13-,14-,20?,21?/m1/s1. The van der Waals surface area contributed by atoms with Crippen LogP contribution in [0.1, 0.15) is 55.8 Å². The van der Waals surface area contributed by atoms with Crippen LogP contribution in [0.5, 0.6) is 0 Å². The molecule has 0 radical (unpaired) electrons. The SMILES string of the molecule is CC(=O)NC12C[C@@H]3C[C@@H](C1)CC(C(=O)OCC(=O)c1ccc(F)c(F)c1)(C3)C2. The Kier molecular flexibility index (Phi) is 4.51. The van der Waals surface area contributed by atoms with E-state index in [1.54, 1.807) is 0 Å². The summed E-state index contributed by atoms with van der Waals surface area (Å²) >= 11 is 0. The first-order valence-corrected chi connectivity index (χ1v) is 9.65. The van der Waals surface area contributed by atoms with Gasteiger partial charge >= 0.3 is 5.97 Å². The van der Waals surface area contributed by atoms with Crippen LogP contribution >= 0.6 is 0 Å². The van der Waals surface area contributed by atoms with Crippen LogP contribution in [-0.2, 0) is 14.3 Å². The number of rotatable bonds is 5. The molecule has 5 rings (SSSR count). The van der Waals surface area contributed by atoms with Gasteiger partial charge in [0.2, 0.25) is 5.91 Å². The number of esters is 1. The maximum Gasteiger partial charge on any atom is 0.312 e. The minimum atomic E-state index is -1.12. The molecule has 0 saturated heterocycles. The predicted molar refractivity (Wildman–Crippen MR) is 95.3 cm³/mol. The van der Waals surface area contributed by atoms with Crippen LogP contribution in [0, 0.1) is 28.9 Å². The van der Waals surface area contributed by atoms with Crippen molar-refractivity contribution in [3.8, 4) is 0 Å². The number of carbonyl (C=O) groups excluding carboxylic acids is 3. The van der Waals surface area contributed by atoms with Gasteiger partial charge in [0, 0.05) is 18.0 Å². The summed E-state index contributed by atoms with van der Waals surface area (Å²) in [5.74, 6) is -2.52. The second kappa shape index (κ2) is 6.64. The maximum absolute atomic E-state index is 13.3. The molecule has 150 valence electrons. The Balaban J connectivity index is 1.46. The van der Waals surface area contributed by atoms with Gasteiger partial charge in [0.05, 0.1) is 5.41 Å². The van der Waals surface area contributed by atoms with Crippen molar-refractivity contribution in [3.63, 3.8) is 0 Å². The van der Waals surface area contributed by atoms with E-state index in [1.807, 2.05) is 0 Å². The largest absolute Gasteiger partial charge is 0.457 e. The predicted octanol–water partition coefficient (Wildman–Crippen LogP) is 3.17. The quantitative estimate of drug-likeness (QED) is 0.618. The van der Waals surface area contributed by atoms with Gasteiger partial charge in [0.25, 0.3) is 0 Å². The van der Waals surface area contributed by atoms with Crippen LogP contribution in [0.2, 0.25) is 0 Å². The minimum absolute atomic E-state index is 0.0353. The number of Topliss-reactive ketones (excluding diaryl/α,β-unsaturated/α-hetero) is 1. The third kappa shape index (κ3) is 3.31. The Bertz CT molecular complexity index is 839. The lowest BCUT2D eigenvalue weighted by atomic mass is 9.47. The zero-order chi connectivity index (χ0) is 20.1. The van der Waals surface area contributed by atoms with E-state index in [2.05, 4.69) is 5.32 Å². The van der Waals surface area contributed by atoms with Crippen LogP contribution in [0.15, 0.2) is 18.2 Å². The van der Waals surface area contributed by atoms with Gasteiger partial charge in [-0.1, -0.05) is 0 Å². The normalized spacial score (nSPS) is 32.8. The lowest BCUT2D eigenvalue weighted by Gasteiger charge is -2.60. The molecule has 7 heteroatoms. The van der Waals surface area contributed by atoms with E-state index >= 15 is 0 Å². The Hall–Kier alpha value is -2.31. The zero-order valence-corrected chi connectivity index (χ0v) is 15.7. The molecule has 4 fully saturated rings. The number of ketones is 1.